The van der Waals surface area contributed by atoms with Crippen LogP contribution in [0.5, 0.6) is 0 Å². The Kier molecular flexibility index (Phi) is 3.82. The number of hydrogen-bond donors (Lipinski definition) is 1. The summed E-state index contributed by atoms with van der Waals surface area (Å²) in [6.07, 6.45) is -5.40. The monoisotopic (exact) mass is 266 g/mol. The van der Waals surface area contributed by atoms with Gasteiger partial charge in [-0.05, 0) is 16.8 Å². The highest BCUT2D eigenvalue weighted by atomic mass is 19.4. The smallest absolute Gasteiger partial charge is 0.361 e. The number of anilines is 1. The molecule has 0 saturated heterocycles. The number of alkyl halides is 3. The molecule has 18 heavy (non-hydrogen) atoms. The Morgan fingerprint density at radius 2 is 2.11 bits per heavy atom. The molecule has 0 aromatic carbocycles. The van der Waals surface area contributed by atoms with Gasteiger partial charge in [-0.1, -0.05) is 0 Å². The lowest BCUT2D eigenvalue weighted by Gasteiger charge is -2.16. The van der Waals surface area contributed by atoms with Gasteiger partial charge in [0, 0.05) is 20.0 Å². The van der Waals surface area contributed by atoms with Crippen LogP contribution in [0.3, 0.4) is 0 Å². The largest absolute Gasteiger partial charge is 0.406 e. The van der Waals surface area contributed by atoms with Crippen molar-refractivity contribution < 1.29 is 18.1 Å². The third-order valence-electron chi connectivity index (χ3n) is 2.39. The number of aryl methyl sites for hydroxylation is 1. The van der Waals surface area contributed by atoms with Gasteiger partial charge in [0.1, 0.15) is 0 Å². The number of nitrogens with one attached hydrogen (secondary N) is 1. The van der Waals surface area contributed by atoms with Gasteiger partial charge in [-0.15, -0.1) is 0 Å². The summed E-state index contributed by atoms with van der Waals surface area (Å²) in [5, 5.41) is 13.2. The highest BCUT2D eigenvalue weighted by Gasteiger charge is 2.32. The maximum atomic E-state index is 12.2. The van der Waals surface area contributed by atoms with Crippen LogP contribution < -0.4 is 5.32 Å². The quantitative estimate of drug-likeness (QED) is 0.670. The molecule has 1 heterocycles. The van der Waals surface area contributed by atoms with E-state index in [0.29, 0.717) is 5.82 Å². The molecule has 0 fully saturated rings. The summed E-state index contributed by atoms with van der Waals surface area (Å²) in [7, 11) is 1.50. The van der Waals surface area contributed by atoms with E-state index in [2.05, 4.69) is 10.3 Å². The van der Waals surface area contributed by atoms with Crippen LogP contribution in [0.15, 0.2) is 0 Å². The van der Waals surface area contributed by atoms with Gasteiger partial charge in [0.2, 0.25) is 11.6 Å². The molecule has 1 atom stereocenters. The molecule has 1 unspecified atom stereocenters. The van der Waals surface area contributed by atoms with Crippen molar-refractivity contribution in [2.45, 2.75) is 32.5 Å². The molecule has 0 bridgehead atoms. The summed E-state index contributed by atoms with van der Waals surface area (Å²) in [5.41, 5.74) is 0. The number of nitro groups is 1. The van der Waals surface area contributed by atoms with Crippen molar-refractivity contribution >= 4 is 11.6 Å². The summed E-state index contributed by atoms with van der Waals surface area (Å²) < 4.78 is 37.9. The number of halogens is 3. The number of aromatic nitrogens is 2. The first-order valence-corrected chi connectivity index (χ1v) is 5.13. The average Bonchev–Trinajstić information content (AvgIpc) is 2.43. The summed E-state index contributed by atoms with van der Waals surface area (Å²) in [5.74, 6) is -0.137. The van der Waals surface area contributed by atoms with E-state index in [1.165, 1.54) is 25.5 Å². The Balaban J connectivity index is 2.93. The van der Waals surface area contributed by atoms with Gasteiger partial charge in [-0.2, -0.15) is 13.2 Å². The Hall–Kier alpha value is -1.80. The van der Waals surface area contributed by atoms with E-state index in [1.54, 1.807) is 0 Å². The molecule has 0 aliphatic carbocycles. The van der Waals surface area contributed by atoms with Crippen LogP contribution in [0.2, 0.25) is 0 Å². The van der Waals surface area contributed by atoms with Crippen LogP contribution in [0.25, 0.3) is 0 Å². The minimum atomic E-state index is -4.32. The summed E-state index contributed by atoms with van der Waals surface area (Å²) >= 11 is 0. The molecule has 0 aliphatic heterocycles. The first-order chi connectivity index (χ1) is 8.11. The molecule has 1 aromatic rings. The van der Waals surface area contributed by atoms with Gasteiger partial charge < -0.3 is 15.4 Å². The molecule has 9 heteroatoms. The van der Waals surface area contributed by atoms with E-state index in [0.717, 1.165) is 0 Å². The second-order valence-corrected chi connectivity index (χ2v) is 4.01. The predicted molar refractivity (Wildman–Crippen MR) is 58.4 cm³/mol. The molecule has 102 valence electrons. The molecule has 0 radical (unpaired) electrons. The Labute approximate surface area is 101 Å². The van der Waals surface area contributed by atoms with Crippen molar-refractivity contribution in [3.8, 4) is 0 Å². The number of imidazole rings is 1. The summed E-state index contributed by atoms with van der Waals surface area (Å²) in [6, 6.07) is -0.974. The summed E-state index contributed by atoms with van der Waals surface area (Å²) in [6.45, 7) is 2.84. The second kappa shape index (κ2) is 4.83. The molecule has 1 N–H and O–H groups in total. The molecular weight excluding hydrogens is 253 g/mol. The normalized spacial score (nSPS) is 13.4. The fraction of sp³-hybridized carbons (Fsp3) is 0.667. The first-order valence-electron chi connectivity index (χ1n) is 5.13. The average molecular weight is 266 g/mol. The highest BCUT2D eigenvalue weighted by Crippen LogP contribution is 2.27. The van der Waals surface area contributed by atoms with Gasteiger partial charge >= 0.3 is 12.0 Å². The van der Waals surface area contributed by atoms with Crippen LogP contribution in [-0.4, -0.2) is 26.7 Å². The molecule has 1 rings (SSSR count). The maximum Gasteiger partial charge on any atom is 0.406 e. The highest BCUT2D eigenvalue weighted by molar-refractivity contribution is 5.54. The molecule has 1 aromatic heterocycles. The van der Waals surface area contributed by atoms with Crippen molar-refractivity contribution in [1.29, 1.82) is 0 Å². The van der Waals surface area contributed by atoms with Gasteiger partial charge in [0.25, 0.3) is 0 Å². The number of hydrogen-bond acceptors (Lipinski definition) is 4. The standard InChI is InChI=1S/C9H13F3N4O2/c1-5(4-9(10,11)12)13-7-8(16(17)18)14-6(2)15(7)3/h5,13H,4H2,1-3H3. The van der Waals surface area contributed by atoms with Crippen molar-refractivity contribution in [3.63, 3.8) is 0 Å². The Morgan fingerprint density at radius 1 is 1.56 bits per heavy atom. The van der Waals surface area contributed by atoms with E-state index in [9.17, 15) is 23.3 Å². The van der Waals surface area contributed by atoms with Gasteiger partial charge in [0.15, 0.2) is 0 Å². The van der Waals surface area contributed by atoms with Crippen molar-refractivity contribution in [3.05, 3.63) is 15.9 Å². The fourth-order valence-electron chi connectivity index (χ4n) is 1.51. The van der Waals surface area contributed by atoms with Crippen LogP contribution in [-0.2, 0) is 7.05 Å². The van der Waals surface area contributed by atoms with E-state index in [1.807, 2.05) is 0 Å². The Bertz CT molecular complexity index is 455. The molecule has 0 aliphatic rings. The number of nitrogens with zero attached hydrogens (tertiary/aromatic N) is 3. The molecule has 0 amide bonds. The lowest BCUT2D eigenvalue weighted by Crippen LogP contribution is -2.25. The zero-order chi connectivity index (χ0) is 14.1. The topological polar surface area (TPSA) is 73.0 Å². The van der Waals surface area contributed by atoms with Crippen LogP contribution in [0.1, 0.15) is 19.2 Å². The van der Waals surface area contributed by atoms with Crippen molar-refractivity contribution in [1.82, 2.24) is 9.55 Å². The lowest BCUT2D eigenvalue weighted by atomic mass is 10.2. The zero-order valence-corrected chi connectivity index (χ0v) is 10.1. The van der Waals surface area contributed by atoms with Crippen molar-refractivity contribution in [2.24, 2.45) is 7.05 Å². The van der Waals surface area contributed by atoms with Crippen LogP contribution in [0, 0.1) is 17.0 Å². The first kappa shape index (κ1) is 14.3. The summed E-state index contributed by atoms with van der Waals surface area (Å²) in [4.78, 5) is 13.7. The minimum absolute atomic E-state index is 0.0192. The van der Waals surface area contributed by atoms with E-state index >= 15 is 0 Å². The van der Waals surface area contributed by atoms with Crippen LogP contribution in [0.4, 0.5) is 24.8 Å². The fourth-order valence-corrected chi connectivity index (χ4v) is 1.51. The SMILES string of the molecule is Cc1nc([N+](=O)[O-])c(NC(C)CC(F)(F)F)n1C. The third kappa shape index (κ3) is 3.34. The lowest BCUT2D eigenvalue weighted by molar-refractivity contribution is -0.388. The predicted octanol–water partition coefficient (Wildman–Crippen LogP) is 2.39. The second-order valence-electron chi connectivity index (χ2n) is 4.01. The molecular formula is C9H13F3N4O2. The van der Waals surface area contributed by atoms with Crippen molar-refractivity contribution in [2.75, 3.05) is 5.32 Å². The molecule has 0 saturated carbocycles. The van der Waals surface area contributed by atoms with Crippen LogP contribution >= 0.6 is 0 Å². The molecule has 6 nitrogen and oxygen atoms in total. The third-order valence-corrected chi connectivity index (χ3v) is 2.39. The zero-order valence-electron chi connectivity index (χ0n) is 10.1. The van der Waals surface area contributed by atoms with Gasteiger partial charge in [-0.25, -0.2) is 0 Å². The van der Waals surface area contributed by atoms with E-state index in [-0.39, 0.29) is 5.82 Å². The Morgan fingerprint density at radius 3 is 2.56 bits per heavy atom. The maximum absolute atomic E-state index is 12.2. The van der Waals surface area contributed by atoms with Gasteiger partial charge in [0.05, 0.1) is 6.42 Å². The molecule has 0 spiro atoms. The van der Waals surface area contributed by atoms with E-state index in [4.69, 9.17) is 0 Å². The van der Waals surface area contributed by atoms with Gasteiger partial charge in [-0.3, -0.25) is 4.57 Å². The minimum Gasteiger partial charge on any atom is -0.361 e. The number of rotatable bonds is 4. The van der Waals surface area contributed by atoms with E-state index < -0.39 is 29.4 Å².